The van der Waals surface area contributed by atoms with Crippen LogP contribution in [0.3, 0.4) is 0 Å². The predicted octanol–water partition coefficient (Wildman–Crippen LogP) is 4.60. The molecule has 4 rings (SSSR count). The standard InChI is InChI=1S/C24H21N3O3S2/c1-15(2)16-5-7-17(8-6-16)21-14-32-24(26-21)27(13-18-4-3-11-31-18)22(28)20-12-25-10-9-19(20)23(29)30/h3-12,14-15H,13H2,1-2H3,(H,29,30)/p-1. The van der Waals surface area contributed by atoms with E-state index in [0.29, 0.717) is 11.0 Å². The summed E-state index contributed by atoms with van der Waals surface area (Å²) < 4.78 is 0. The highest BCUT2D eigenvalue weighted by Crippen LogP contribution is 2.31. The van der Waals surface area contributed by atoms with Crippen molar-refractivity contribution < 1.29 is 14.7 Å². The number of thiazole rings is 1. The SMILES string of the molecule is CC(C)c1ccc(-c2csc(N(Cc3cccs3)C(=O)c3cnccc3C(=O)[O-])n2)cc1. The summed E-state index contributed by atoms with van der Waals surface area (Å²) in [7, 11) is 0. The third kappa shape index (κ3) is 4.61. The molecule has 0 bridgehead atoms. The van der Waals surface area contributed by atoms with Gasteiger partial charge in [0.25, 0.3) is 5.91 Å². The number of aromatic carboxylic acids is 1. The minimum Gasteiger partial charge on any atom is -0.545 e. The number of carboxylic acids is 1. The average Bonchev–Trinajstić information content (AvgIpc) is 3.49. The second-order valence-electron chi connectivity index (χ2n) is 7.47. The molecule has 0 unspecified atom stereocenters. The van der Waals surface area contributed by atoms with Crippen molar-refractivity contribution in [2.24, 2.45) is 0 Å². The van der Waals surface area contributed by atoms with Crippen molar-refractivity contribution in [2.75, 3.05) is 4.90 Å². The largest absolute Gasteiger partial charge is 0.545 e. The van der Waals surface area contributed by atoms with Gasteiger partial charge in [-0.15, -0.1) is 22.7 Å². The van der Waals surface area contributed by atoms with Crippen LogP contribution >= 0.6 is 22.7 Å². The molecule has 8 heteroatoms. The molecule has 32 heavy (non-hydrogen) atoms. The smallest absolute Gasteiger partial charge is 0.262 e. The van der Waals surface area contributed by atoms with Gasteiger partial charge < -0.3 is 9.90 Å². The fourth-order valence-corrected chi connectivity index (χ4v) is 4.76. The quantitative estimate of drug-likeness (QED) is 0.401. The van der Waals surface area contributed by atoms with Gasteiger partial charge in [0, 0.05) is 33.8 Å². The Labute approximate surface area is 193 Å². The molecule has 1 aromatic carbocycles. The van der Waals surface area contributed by atoms with E-state index in [4.69, 9.17) is 4.98 Å². The number of carbonyl (C=O) groups is 2. The minimum atomic E-state index is -1.42. The minimum absolute atomic E-state index is 0.0258. The first-order valence-electron chi connectivity index (χ1n) is 9.99. The van der Waals surface area contributed by atoms with Crippen LogP contribution in [0.1, 0.15) is 50.9 Å². The Morgan fingerprint density at radius 2 is 1.84 bits per heavy atom. The van der Waals surface area contributed by atoms with E-state index in [0.717, 1.165) is 16.1 Å². The van der Waals surface area contributed by atoms with Gasteiger partial charge in [0.05, 0.1) is 23.8 Å². The zero-order chi connectivity index (χ0) is 22.7. The number of pyridine rings is 1. The summed E-state index contributed by atoms with van der Waals surface area (Å²) in [5.41, 5.74) is 2.74. The lowest BCUT2D eigenvalue weighted by Gasteiger charge is -2.21. The molecule has 4 aromatic rings. The van der Waals surface area contributed by atoms with Crippen LogP contribution in [-0.4, -0.2) is 21.8 Å². The van der Waals surface area contributed by atoms with Gasteiger partial charge in [0.15, 0.2) is 5.13 Å². The molecule has 3 aromatic heterocycles. The number of amides is 1. The number of benzene rings is 1. The lowest BCUT2D eigenvalue weighted by molar-refractivity contribution is -0.255. The fourth-order valence-electron chi connectivity index (χ4n) is 3.23. The molecule has 0 radical (unpaired) electrons. The van der Waals surface area contributed by atoms with Crippen LogP contribution < -0.4 is 10.0 Å². The van der Waals surface area contributed by atoms with Gasteiger partial charge in [-0.05, 0) is 29.0 Å². The van der Waals surface area contributed by atoms with Crippen molar-refractivity contribution in [3.63, 3.8) is 0 Å². The number of carboxylic acid groups (broad SMARTS) is 1. The lowest BCUT2D eigenvalue weighted by atomic mass is 10.0. The van der Waals surface area contributed by atoms with E-state index in [2.05, 4.69) is 31.0 Å². The van der Waals surface area contributed by atoms with E-state index < -0.39 is 11.9 Å². The van der Waals surface area contributed by atoms with Crippen LogP contribution in [-0.2, 0) is 6.54 Å². The van der Waals surface area contributed by atoms with E-state index in [1.54, 1.807) is 0 Å². The predicted molar refractivity (Wildman–Crippen MR) is 125 cm³/mol. The van der Waals surface area contributed by atoms with Gasteiger partial charge in [-0.3, -0.25) is 14.7 Å². The monoisotopic (exact) mass is 462 g/mol. The molecule has 1 amide bonds. The molecule has 6 nitrogen and oxygen atoms in total. The number of rotatable bonds is 7. The topological polar surface area (TPSA) is 86.2 Å². The maximum atomic E-state index is 13.4. The summed E-state index contributed by atoms with van der Waals surface area (Å²) in [6, 6.07) is 13.3. The summed E-state index contributed by atoms with van der Waals surface area (Å²) in [5.74, 6) is -1.47. The summed E-state index contributed by atoms with van der Waals surface area (Å²) >= 11 is 2.85. The molecular weight excluding hydrogens is 442 g/mol. The Morgan fingerprint density at radius 1 is 1.06 bits per heavy atom. The molecule has 0 atom stereocenters. The molecule has 0 aliphatic rings. The molecule has 3 heterocycles. The van der Waals surface area contributed by atoms with Gasteiger partial charge in [0.1, 0.15) is 0 Å². The Bertz CT molecular complexity index is 1230. The Hall–Kier alpha value is -3.36. The Balaban J connectivity index is 1.70. The van der Waals surface area contributed by atoms with E-state index >= 15 is 0 Å². The second kappa shape index (κ2) is 9.42. The van der Waals surface area contributed by atoms with Gasteiger partial charge in [-0.25, -0.2) is 4.98 Å². The number of anilines is 1. The van der Waals surface area contributed by atoms with E-state index in [9.17, 15) is 14.7 Å². The van der Waals surface area contributed by atoms with E-state index in [-0.39, 0.29) is 17.7 Å². The lowest BCUT2D eigenvalue weighted by Crippen LogP contribution is -2.33. The summed E-state index contributed by atoms with van der Waals surface area (Å²) in [6.07, 6.45) is 2.59. The van der Waals surface area contributed by atoms with Crippen LogP contribution in [0.15, 0.2) is 65.6 Å². The van der Waals surface area contributed by atoms with Crippen molar-refractivity contribution in [2.45, 2.75) is 26.3 Å². The first-order valence-corrected chi connectivity index (χ1v) is 11.8. The molecule has 0 aliphatic heterocycles. The molecule has 0 N–H and O–H groups in total. The van der Waals surface area contributed by atoms with Gasteiger partial charge in [-0.1, -0.05) is 44.2 Å². The summed E-state index contributed by atoms with van der Waals surface area (Å²) in [6.45, 7) is 4.56. The first-order chi connectivity index (χ1) is 15.4. The van der Waals surface area contributed by atoms with Crippen LogP contribution in [0.2, 0.25) is 0 Å². The van der Waals surface area contributed by atoms with Crippen molar-refractivity contribution in [3.05, 3.63) is 87.2 Å². The normalized spacial score (nSPS) is 11.0. The number of carbonyl (C=O) groups excluding carboxylic acids is 2. The summed E-state index contributed by atoms with van der Waals surface area (Å²) in [5, 5.41) is 15.9. The Kier molecular flexibility index (Phi) is 6.43. The fraction of sp³-hybridized carbons (Fsp3) is 0.167. The number of thiophene rings is 1. The van der Waals surface area contributed by atoms with Crippen LogP contribution in [0.25, 0.3) is 11.3 Å². The molecule has 0 saturated carbocycles. The van der Waals surface area contributed by atoms with Crippen molar-refractivity contribution in [3.8, 4) is 11.3 Å². The highest BCUT2D eigenvalue weighted by molar-refractivity contribution is 7.14. The third-order valence-electron chi connectivity index (χ3n) is 5.01. The molecule has 162 valence electrons. The van der Waals surface area contributed by atoms with Gasteiger partial charge in [-0.2, -0.15) is 0 Å². The number of nitrogens with zero attached hydrogens (tertiary/aromatic N) is 3. The maximum absolute atomic E-state index is 13.4. The first kappa shape index (κ1) is 21.9. The molecule has 0 fully saturated rings. The molecule has 0 saturated heterocycles. The average molecular weight is 463 g/mol. The van der Waals surface area contributed by atoms with E-state index in [1.807, 2.05) is 35.0 Å². The summed E-state index contributed by atoms with van der Waals surface area (Å²) in [4.78, 5) is 36.1. The number of hydrogen-bond donors (Lipinski definition) is 0. The van der Waals surface area contributed by atoms with Crippen molar-refractivity contribution >= 4 is 39.7 Å². The molecule has 0 aliphatic carbocycles. The highest BCUT2D eigenvalue weighted by atomic mass is 32.1. The van der Waals surface area contributed by atoms with Crippen molar-refractivity contribution in [1.29, 1.82) is 0 Å². The van der Waals surface area contributed by atoms with Gasteiger partial charge in [0.2, 0.25) is 0 Å². The van der Waals surface area contributed by atoms with E-state index in [1.165, 1.54) is 51.6 Å². The van der Waals surface area contributed by atoms with Crippen LogP contribution in [0.4, 0.5) is 5.13 Å². The second-order valence-corrected chi connectivity index (χ2v) is 9.34. The maximum Gasteiger partial charge on any atom is 0.262 e. The molecule has 0 spiro atoms. The number of aromatic nitrogens is 2. The zero-order valence-corrected chi connectivity index (χ0v) is 19.2. The highest BCUT2D eigenvalue weighted by Gasteiger charge is 2.24. The number of hydrogen-bond acceptors (Lipinski definition) is 7. The van der Waals surface area contributed by atoms with Crippen LogP contribution in [0.5, 0.6) is 0 Å². The van der Waals surface area contributed by atoms with Gasteiger partial charge >= 0.3 is 0 Å². The zero-order valence-electron chi connectivity index (χ0n) is 17.5. The third-order valence-corrected chi connectivity index (χ3v) is 6.73. The van der Waals surface area contributed by atoms with Crippen LogP contribution in [0, 0.1) is 0 Å². The van der Waals surface area contributed by atoms with Crippen molar-refractivity contribution in [1.82, 2.24) is 9.97 Å². The Morgan fingerprint density at radius 3 is 2.50 bits per heavy atom. The molecular formula is C24H20N3O3S2-.